The molecule has 4 nitrogen and oxygen atoms in total. The van der Waals surface area contributed by atoms with Gasteiger partial charge in [0.25, 0.3) is 11.8 Å². The molecule has 0 saturated carbocycles. The number of fused-ring (bicyclic) bond motifs is 1. The molecule has 0 saturated heterocycles. The number of nitrogens with one attached hydrogen (secondary N) is 1. The third-order valence-electron chi connectivity index (χ3n) is 4.35. The summed E-state index contributed by atoms with van der Waals surface area (Å²) in [5.74, 6) is 0.575. The monoisotopic (exact) mass is 342 g/mol. The van der Waals surface area contributed by atoms with Crippen molar-refractivity contribution < 1.29 is 9.59 Å². The van der Waals surface area contributed by atoms with Crippen molar-refractivity contribution in [1.82, 2.24) is 4.90 Å². The molecule has 24 heavy (non-hydrogen) atoms. The van der Waals surface area contributed by atoms with Crippen LogP contribution < -0.4 is 5.32 Å². The molecule has 0 spiro atoms. The Hall–Kier alpha value is -2.14. The molecule has 2 amide bonds. The van der Waals surface area contributed by atoms with Gasteiger partial charge in [0.1, 0.15) is 0 Å². The molecular formula is C19H22N2O2S. The molecule has 1 aliphatic carbocycles. The average Bonchev–Trinajstić information content (AvgIpc) is 2.98. The zero-order chi connectivity index (χ0) is 17.3. The number of hydrogen-bond acceptors (Lipinski definition) is 3. The van der Waals surface area contributed by atoms with Crippen LogP contribution in [-0.2, 0) is 12.8 Å². The summed E-state index contributed by atoms with van der Waals surface area (Å²) in [5, 5.41) is 2.92. The molecular weight excluding hydrogens is 320 g/mol. The molecule has 1 aromatic heterocycles. The van der Waals surface area contributed by atoms with E-state index < -0.39 is 0 Å². The van der Waals surface area contributed by atoms with Gasteiger partial charge >= 0.3 is 0 Å². The van der Waals surface area contributed by atoms with Crippen molar-refractivity contribution in [3.8, 4) is 0 Å². The lowest BCUT2D eigenvalue weighted by Crippen LogP contribution is -2.21. The van der Waals surface area contributed by atoms with Crippen LogP contribution in [0.1, 0.15) is 43.8 Å². The van der Waals surface area contributed by atoms with Gasteiger partial charge in [-0.25, -0.2) is 0 Å². The standard InChI is InChI=1S/C19H22N2O2S/c1-12-4-9-16-14(10-12)11-17(24-16)18(22)20-15-7-5-13(6-8-15)19(23)21(2)3/h5-8,11-12H,4,9-10H2,1-3H3,(H,20,22)/t12-/m1/s1. The fourth-order valence-electron chi connectivity index (χ4n) is 2.96. The number of hydrogen-bond donors (Lipinski definition) is 1. The van der Waals surface area contributed by atoms with Gasteiger partial charge in [0.15, 0.2) is 0 Å². The van der Waals surface area contributed by atoms with E-state index in [1.165, 1.54) is 21.8 Å². The van der Waals surface area contributed by atoms with Gasteiger partial charge in [0, 0.05) is 30.2 Å². The normalized spacial score (nSPS) is 16.4. The predicted octanol–water partition coefficient (Wildman–Crippen LogP) is 3.83. The second-order valence-corrected chi connectivity index (χ2v) is 7.77. The highest BCUT2D eigenvalue weighted by molar-refractivity contribution is 7.14. The molecule has 2 aromatic rings. The molecule has 1 N–H and O–H groups in total. The van der Waals surface area contributed by atoms with Crippen molar-refractivity contribution in [2.45, 2.75) is 26.2 Å². The Morgan fingerprint density at radius 1 is 1.21 bits per heavy atom. The summed E-state index contributed by atoms with van der Waals surface area (Å²) in [7, 11) is 3.44. The van der Waals surface area contributed by atoms with Crippen LogP contribution >= 0.6 is 11.3 Å². The molecule has 126 valence electrons. The topological polar surface area (TPSA) is 49.4 Å². The average molecular weight is 342 g/mol. The molecule has 0 fully saturated rings. The number of aryl methyl sites for hydroxylation is 1. The first kappa shape index (κ1) is 16.7. The first-order valence-electron chi connectivity index (χ1n) is 8.18. The number of nitrogens with zero attached hydrogens (tertiary/aromatic N) is 1. The maximum absolute atomic E-state index is 12.5. The van der Waals surface area contributed by atoms with Gasteiger partial charge in [0.2, 0.25) is 0 Å². The minimum Gasteiger partial charge on any atom is -0.345 e. The molecule has 0 aliphatic heterocycles. The van der Waals surface area contributed by atoms with Gasteiger partial charge in [0.05, 0.1) is 4.88 Å². The Morgan fingerprint density at radius 2 is 1.92 bits per heavy atom. The number of carbonyl (C=O) groups excluding carboxylic acids is 2. The lowest BCUT2D eigenvalue weighted by molar-refractivity contribution is 0.0827. The summed E-state index contributed by atoms with van der Waals surface area (Å²) in [6, 6.07) is 9.04. The van der Waals surface area contributed by atoms with E-state index in [9.17, 15) is 9.59 Å². The summed E-state index contributed by atoms with van der Waals surface area (Å²) >= 11 is 1.60. The van der Waals surface area contributed by atoms with E-state index in [0.29, 0.717) is 17.2 Å². The van der Waals surface area contributed by atoms with Crippen molar-refractivity contribution in [3.63, 3.8) is 0 Å². The number of thiophene rings is 1. The molecule has 0 unspecified atom stereocenters. The van der Waals surface area contributed by atoms with E-state index in [-0.39, 0.29) is 11.8 Å². The fraction of sp³-hybridized carbons (Fsp3) is 0.368. The number of carbonyl (C=O) groups is 2. The fourth-order valence-corrected chi connectivity index (χ4v) is 4.07. The van der Waals surface area contributed by atoms with Crippen LogP contribution in [0.25, 0.3) is 0 Å². The highest BCUT2D eigenvalue weighted by Gasteiger charge is 2.20. The van der Waals surface area contributed by atoms with E-state index in [4.69, 9.17) is 0 Å². The van der Waals surface area contributed by atoms with Gasteiger partial charge in [-0.15, -0.1) is 11.3 Å². The van der Waals surface area contributed by atoms with E-state index >= 15 is 0 Å². The first-order chi connectivity index (χ1) is 11.4. The van der Waals surface area contributed by atoms with Gasteiger partial charge in [-0.2, -0.15) is 0 Å². The van der Waals surface area contributed by atoms with Gasteiger partial charge in [-0.3, -0.25) is 9.59 Å². The van der Waals surface area contributed by atoms with E-state index in [2.05, 4.69) is 12.2 Å². The number of anilines is 1. The van der Waals surface area contributed by atoms with Crippen molar-refractivity contribution in [3.05, 3.63) is 51.2 Å². The molecule has 1 aliphatic rings. The Kier molecular flexibility index (Phi) is 4.71. The summed E-state index contributed by atoms with van der Waals surface area (Å²) in [4.78, 5) is 28.0. The Morgan fingerprint density at radius 3 is 2.58 bits per heavy atom. The van der Waals surface area contributed by atoms with Crippen LogP contribution in [0.15, 0.2) is 30.3 Å². The number of benzene rings is 1. The third kappa shape index (κ3) is 3.51. The molecule has 5 heteroatoms. The molecule has 1 heterocycles. The smallest absolute Gasteiger partial charge is 0.265 e. The van der Waals surface area contributed by atoms with E-state index in [0.717, 1.165) is 17.7 Å². The summed E-state index contributed by atoms with van der Waals surface area (Å²) in [6.07, 6.45) is 3.35. The number of rotatable bonds is 3. The third-order valence-corrected chi connectivity index (χ3v) is 5.58. The molecule has 1 atom stereocenters. The minimum absolute atomic E-state index is 0.0482. The predicted molar refractivity (Wildman–Crippen MR) is 97.9 cm³/mol. The van der Waals surface area contributed by atoms with Gasteiger partial charge < -0.3 is 10.2 Å². The Balaban J connectivity index is 1.70. The molecule has 3 rings (SSSR count). The SMILES string of the molecule is C[C@@H]1CCc2sc(C(=O)Nc3ccc(C(=O)N(C)C)cc3)cc2C1. The van der Waals surface area contributed by atoms with Crippen LogP contribution in [-0.4, -0.2) is 30.8 Å². The maximum Gasteiger partial charge on any atom is 0.265 e. The second-order valence-electron chi connectivity index (χ2n) is 6.64. The molecule has 0 radical (unpaired) electrons. The lowest BCUT2D eigenvalue weighted by Gasteiger charge is -2.16. The summed E-state index contributed by atoms with van der Waals surface area (Å²) < 4.78 is 0. The highest BCUT2D eigenvalue weighted by Crippen LogP contribution is 2.32. The maximum atomic E-state index is 12.5. The highest BCUT2D eigenvalue weighted by atomic mass is 32.1. The van der Waals surface area contributed by atoms with Crippen molar-refractivity contribution >= 4 is 28.8 Å². The van der Waals surface area contributed by atoms with Crippen LogP contribution in [0.4, 0.5) is 5.69 Å². The van der Waals surface area contributed by atoms with Gasteiger partial charge in [-0.1, -0.05) is 6.92 Å². The van der Waals surface area contributed by atoms with Crippen molar-refractivity contribution in [2.24, 2.45) is 5.92 Å². The van der Waals surface area contributed by atoms with Gasteiger partial charge in [-0.05, 0) is 61.1 Å². The van der Waals surface area contributed by atoms with E-state index in [1.807, 2.05) is 6.07 Å². The zero-order valence-corrected chi connectivity index (χ0v) is 15.1. The lowest BCUT2D eigenvalue weighted by atomic mass is 9.90. The van der Waals surface area contributed by atoms with Crippen LogP contribution in [0, 0.1) is 5.92 Å². The van der Waals surface area contributed by atoms with Crippen molar-refractivity contribution in [1.29, 1.82) is 0 Å². The summed E-state index contributed by atoms with van der Waals surface area (Å²) in [6.45, 7) is 2.26. The zero-order valence-electron chi connectivity index (χ0n) is 14.3. The Bertz CT molecular complexity index is 762. The first-order valence-corrected chi connectivity index (χ1v) is 9.00. The minimum atomic E-state index is -0.0752. The second kappa shape index (κ2) is 6.77. The summed E-state index contributed by atoms with van der Waals surface area (Å²) in [5.41, 5.74) is 2.64. The molecule has 0 bridgehead atoms. The quantitative estimate of drug-likeness (QED) is 0.922. The van der Waals surface area contributed by atoms with Crippen molar-refractivity contribution in [2.75, 3.05) is 19.4 Å². The molecule has 1 aromatic carbocycles. The Labute approximate surface area is 146 Å². The van der Waals surface area contributed by atoms with Crippen LogP contribution in [0.3, 0.4) is 0 Å². The van der Waals surface area contributed by atoms with E-state index in [1.54, 1.807) is 49.7 Å². The largest absolute Gasteiger partial charge is 0.345 e. The van der Waals surface area contributed by atoms with Crippen LogP contribution in [0.5, 0.6) is 0 Å². The number of amides is 2. The van der Waals surface area contributed by atoms with Crippen LogP contribution in [0.2, 0.25) is 0 Å².